The van der Waals surface area contributed by atoms with Crippen LogP contribution in [0.3, 0.4) is 0 Å². The molecule has 2 aliphatic carbocycles. The maximum Gasteiger partial charge on any atom is 0.0572 e. The molecule has 3 nitrogen and oxygen atoms in total. The molecule has 2 aliphatic rings. The summed E-state index contributed by atoms with van der Waals surface area (Å²) in [4.78, 5) is 0. The average molecular weight is 241 g/mol. The second-order valence-corrected chi connectivity index (χ2v) is 5.75. The van der Waals surface area contributed by atoms with E-state index >= 15 is 0 Å². The standard InChI is InChI=1S/C14H27NO2/c1-17-14-7-5-13(6-8-14)15-9-11-3-2-4-12(11)10-16/h11-16H,2-10H2,1H3. The molecule has 2 saturated carbocycles. The van der Waals surface area contributed by atoms with E-state index in [0.29, 0.717) is 30.6 Å². The predicted octanol–water partition coefficient (Wildman–Crippen LogP) is 1.94. The van der Waals surface area contributed by atoms with Gasteiger partial charge in [0.1, 0.15) is 0 Å². The number of rotatable bonds is 5. The van der Waals surface area contributed by atoms with Crippen LogP contribution in [0.5, 0.6) is 0 Å². The molecule has 2 unspecified atom stereocenters. The number of hydrogen-bond acceptors (Lipinski definition) is 3. The fourth-order valence-corrected chi connectivity index (χ4v) is 3.44. The van der Waals surface area contributed by atoms with Gasteiger partial charge in [0.2, 0.25) is 0 Å². The van der Waals surface area contributed by atoms with Crippen LogP contribution in [0.4, 0.5) is 0 Å². The Hall–Kier alpha value is -0.120. The Morgan fingerprint density at radius 2 is 1.76 bits per heavy atom. The number of nitrogens with one attached hydrogen (secondary N) is 1. The quantitative estimate of drug-likeness (QED) is 0.773. The van der Waals surface area contributed by atoms with Crippen molar-refractivity contribution in [2.24, 2.45) is 11.8 Å². The van der Waals surface area contributed by atoms with Crippen LogP contribution >= 0.6 is 0 Å². The first-order valence-electron chi connectivity index (χ1n) is 7.20. The van der Waals surface area contributed by atoms with Gasteiger partial charge >= 0.3 is 0 Å². The van der Waals surface area contributed by atoms with Gasteiger partial charge in [-0.05, 0) is 56.9 Å². The van der Waals surface area contributed by atoms with Crippen molar-refractivity contribution in [3.05, 3.63) is 0 Å². The molecule has 0 heterocycles. The minimum atomic E-state index is 0.378. The summed E-state index contributed by atoms with van der Waals surface area (Å²) >= 11 is 0. The van der Waals surface area contributed by atoms with Crippen LogP contribution in [-0.4, -0.2) is 37.5 Å². The molecule has 0 aromatic rings. The third-order valence-electron chi connectivity index (χ3n) is 4.73. The van der Waals surface area contributed by atoms with E-state index in [4.69, 9.17) is 4.74 Å². The van der Waals surface area contributed by atoms with Gasteiger partial charge in [0.05, 0.1) is 6.10 Å². The van der Waals surface area contributed by atoms with E-state index in [1.165, 1.54) is 44.9 Å². The lowest BCUT2D eigenvalue weighted by atomic mass is 9.91. The van der Waals surface area contributed by atoms with Gasteiger partial charge in [-0.1, -0.05) is 6.42 Å². The smallest absolute Gasteiger partial charge is 0.0572 e. The topological polar surface area (TPSA) is 41.5 Å². The average Bonchev–Trinajstić information content (AvgIpc) is 2.84. The maximum absolute atomic E-state index is 9.30. The Bertz CT molecular complexity index is 214. The summed E-state index contributed by atoms with van der Waals surface area (Å²) in [6.45, 7) is 1.48. The van der Waals surface area contributed by atoms with Gasteiger partial charge in [-0.2, -0.15) is 0 Å². The van der Waals surface area contributed by atoms with Gasteiger partial charge in [-0.25, -0.2) is 0 Å². The molecule has 0 aliphatic heterocycles. The molecule has 0 amide bonds. The Labute approximate surface area is 105 Å². The van der Waals surface area contributed by atoms with Crippen LogP contribution in [0.1, 0.15) is 44.9 Å². The highest BCUT2D eigenvalue weighted by molar-refractivity contribution is 4.82. The molecule has 17 heavy (non-hydrogen) atoms. The van der Waals surface area contributed by atoms with Crippen molar-refractivity contribution in [3.63, 3.8) is 0 Å². The zero-order chi connectivity index (χ0) is 12.1. The summed E-state index contributed by atoms with van der Waals surface area (Å²) < 4.78 is 5.39. The number of hydrogen-bond donors (Lipinski definition) is 2. The highest BCUT2D eigenvalue weighted by atomic mass is 16.5. The summed E-state index contributed by atoms with van der Waals surface area (Å²) in [7, 11) is 1.82. The van der Waals surface area contributed by atoms with Gasteiger partial charge in [0, 0.05) is 19.8 Å². The molecular weight excluding hydrogens is 214 g/mol. The van der Waals surface area contributed by atoms with Crippen LogP contribution in [0.25, 0.3) is 0 Å². The monoisotopic (exact) mass is 241 g/mol. The van der Waals surface area contributed by atoms with Crippen molar-refractivity contribution >= 4 is 0 Å². The first kappa shape index (κ1) is 13.3. The number of aliphatic hydroxyl groups excluding tert-OH is 1. The Morgan fingerprint density at radius 3 is 2.41 bits per heavy atom. The zero-order valence-electron chi connectivity index (χ0n) is 11.0. The molecule has 0 saturated heterocycles. The third-order valence-corrected chi connectivity index (χ3v) is 4.73. The first-order valence-corrected chi connectivity index (χ1v) is 7.20. The van der Waals surface area contributed by atoms with Gasteiger partial charge < -0.3 is 15.2 Å². The largest absolute Gasteiger partial charge is 0.396 e. The fraction of sp³-hybridized carbons (Fsp3) is 1.00. The number of aliphatic hydroxyl groups is 1. The highest BCUT2D eigenvalue weighted by Crippen LogP contribution is 2.31. The van der Waals surface area contributed by atoms with E-state index in [2.05, 4.69) is 5.32 Å². The maximum atomic E-state index is 9.30. The Balaban J connectivity index is 1.65. The molecule has 2 atom stereocenters. The summed E-state index contributed by atoms with van der Waals surface area (Å²) in [5.41, 5.74) is 0. The lowest BCUT2D eigenvalue weighted by molar-refractivity contribution is 0.0616. The van der Waals surface area contributed by atoms with Crippen molar-refractivity contribution in [1.82, 2.24) is 5.32 Å². The lowest BCUT2D eigenvalue weighted by Crippen LogP contribution is -2.38. The van der Waals surface area contributed by atoms with E-state index in [-0.39, 0.29) is 0 Å². The van der Waals surface area contributed by atoms with Crippen LogP contribution in [0, 0.1) is 11.8 Å². The highest BCUT2D eigenvalue weighted by Gasteiger charge is 2.27. The van der Waals surface area contributed by atoms with Gasteiger partial charge in [-0.3, -0.25) is 0 Å². The molecule has 2 rings (SSSR count). The number of methoxy groups -OCH3 is 1. The Kier molecular flexibility index (Phi) is 5.26. The van der Waals surface area contributed by atoms with Crippen LogP contribution in [0.2, 0.25) is 0 Å². The summed E-state index contributed by atoms with van der Waals surface area (Å²) in [6, 6.07) is 0.682. The van der Waals surface area contributed by atoms with Crippen molar-refractivity contribution in [3.8, 4) is 0 Å². The van der Waals surface area contributed by atoms with E-state index in [0.717, 1.165) is 6.54 Å². The lowest BCUT2D eigenvalue weighted by Gasteiger charge is -2.30. The van der Waals surface area contributed by atoms with Crippen LogP contribution < -0.4 is 5.32 Å². The SMILES string of the molecule is COC1CCC(NCC2CCCC2CO)CC1. The fourth-order valence-electron chi connectivity index (χ4n) is 3.44. The second kappa shape index (κ2) is 6.72. The minimum absolute atomic E-state index is 0.378. The van der Waals surface area contributed by atoms with Crippen molar-refractivity contribution in [1.29, 1.82) is 0 Å². The molecule has 0 radical (unpaired) electrons. The molecule has 2 N–H and O–H groups in total. The number of ether oxygens (including phenoxy) is 1. The van der Waals surface area contributed by atoms with Gasteiger partial charge in [0.15, 0.2) is 0 Å². The van der Waals surface area contributed by atoms with E-state index in [1.807, 2.05) is 7.11 Å². The van der Waals surface area contributed by atoms with Gasteiger partial charge in [-0.15, -0.1) is 0 Å². The van der Waals surface area contributed by atoms with Gasteiger partial charge in [0.25, 0.3) is 0 Å². The predicted molar refractivity (Wildman–Crippen MR) is 69.0 cm³/mol. The molecule has 0 bridgehead atoms. The molecule has 2 fully saturated rings. The molecule has 3 heteroatoms. The minimum Gasteiger partial charge on any atom is -0.396 e. The van der Waals surface area contributed by atoms with E-state index in [1.54, 1.807) is 0 Å². The molecule has 0 spiro atoms. The summed E-state index contributed by atoms with van der Waals surface area (Å²) in [6.07, 6.45) is 9.19. The zero-order valence-corrected chi connectivity index (χ0v) is 11.0. The normalized spacial score (nSPS) is 38.5. The van der Waals surface area contributed by atoms with Crippen molar-refractivity contribution in [2.45, 2.75) is 57.1 Å². The molecule has 100 valence electrons. The van der Waals surface area contributed by atoms with Crippen molar-refractivity contribution in [2.75, 3.05) is 20.3 Å². The third kappa shape index (κ3) is 3.67. The van der Waals surface area contributed by atoms with Crippen molar-refractivity contribution < 1.29 is 9.84 Å². The second-order valence-electron chi connectivity index (χ2n) is 5.75. The molecule has 0 aromatic heterocycles. The molecule has 0 aromatic carbocycles. The van der Waals surface area contributed by atoms with Crippen LogP contribution in [-0.2, 0) is 4.74 Å². The summed E-state index contributed by atoms with van der Waals surface area (Å²) in [5.74, 6) is 1.26. The summed E-state index contributed by atoms with van der Waals surface area (Å²) in [5, 5.41) is 13.0. The first-order chi connectivity index (χ1) is 8.33. The van der Waals surface area contributed by atoms with Crippen LogP contribution in [0.15, 0.2) is 0 Å². The van der Waals surface area contributed by atoms with E-state index in [9.17, 15) is 5.11 Å². The molecular formula is C14H27NO2. The Morgan fingerprint density at radius 1 is 1.06 bits per heavy atom. The van der Waals surface area contributed by atoms with E-state index < -0.39 is 0 Å².